The standard InChI is InChI=1S/C29H29BrFN5O5S/c1-2-41-29(40)23-22(16-35-9-11-36(12-10-35)25(28(38)39)17-4-3-5-19(37)14-17)33-26(27-32-8-13-42-27)34-24(23)20-7-6-18(31)15-21(20)30/h3-8,13-15,24-25,37H,2,9-12,16H2,1H3,(H,33,34)(H,38,39). The van der Waals surface area contributed by atoms with E-state index in [-0.39, 0.29) is 12.4 Å². The average Bonchev–Trinajstić information content (AvgIpc) is 3.49. The summed E-state index contributed by atoms with van der Waals surface area (Å²) in [5.74, 6) is -1.44. The van der Waals surface area contributed by atoms with Crippen molar-refractivity contribution in [1.82, 2.24) is 20.1 Å². The molecule has 2 atom stereocenters. The number of hydrogen-bond donors (Lipinski definition) is 3. The molecule has 3 N–H and O–H groups in total. The third-order valence-corrected chi connectivity index (χ3v) is 8.55. The predicted molar refractivity (Wildman–Crippen MR) is 159 cm³/mol. The Morgan fingerprint density at radius 3 is 2.64 bits per heavy atom. The third-order valence-electron chi connectivity index (χ3n) is 7.09. The van der Waals surface area contributed by atoms with Gasteiger partial charge in [-0.3, -0.25) is 19.6 Å². The number of hydrogen-bond acceptors (Lipinski definition) is 10. The lowest BCUT2D eigenvalue weighted by Gasteiger charge is -2.39. The molecule has 2 unspecified atom stereocenters. The molecule has 0 bridgehead atoms. The highest BCUT2D eigenvalue weighted by molar-refractivity contribution is 9.10. The van der Waals surface area contributed by atoms with Gasteiger partial charge >= 0.3 is 11.9 Å². The lowest BCUT2D eigenvalue weighted by atomic mass is 9.95. The first-order chi connectivity index (χ1) is 20.2. The summed E-state index contributed by atoms with van der Waals surface area (Å²) in [4.78, 5) is 38.8. The Morgan fingerprint density at radius 1 is 1.21 bits per heavy atom. The van der Waals surface area contributed by atoms with Gasteiger partial charge in [0.25, 0.3) is 0 Å². The molecule has 5 rings (SSSR count). The van der Waals surface area contributed by atoms with Gasteiger partial charge in [-0.2, -0.15) is 0 Å². The number of benzene rings is 2. The number of phenolic OH excluding ortho intramolecular Hbond substituents is 1. The van der Waals surface area contributed by atoms with Crippen LogP contribution in [-0.2, 0) is 14.3 Å². The molecule has 2 aliphatic heterocycles. The van der Waals surface area contributed by atoms with Crippen molar-refractivity contribution in [3.8, 4) is 5.75 Å². The molecule has 0 amide bonds. The maximum Gasteiger partial charge on any atom is 0.338 e. The second-order valence-electron chi connectivity index (χ2n) is 9.77. The Morgan fingerprint density at radius 2 is 2.00 bits per heavy atom. The fourth-order valence-electron chi connectivity index (χ4n) is 5.17. The maximum absolute atomic E-state index is 14.0. The zero-order valence-electron chi connectivity index (χ0n) is 22.7. The SMILES string of the molecule is CCOC(=O)C1=C(CN2CCN(C(C(=O)O)c3cccc(O)c3)CC2)NC(c2nccs2)=NC1c1ccc(F)cc1Br. The first-order valence-electron chi connectivity index (χ1n) is 13.3. The first-order valence-corrected chi connectivity index (χ1v) is 15.0. The van der Waals surface area contributed by atoms with Gasteiger partial charge in [-0.1, -0.05) is 34.1 Å². The van der Waals surface area contributed by atoms with E-state index in [0.717, 1.165) is 0 Å². The summed E-state index contributed by atoms with van der Waals surface area (Å²) in [5, 5.41) is 25.7. The molecule has 3 aromatic rings. The summed E-state index contributed by atoms with van der Waals surface area (Å²) >= 11 is 4.84. The van der Waals surface area contributed by atoms with E-state index in [1.807, 2.05) is 10.3 Å². The number of halogens is 2. The van der Waals surface area contributed by atoms with Gasteiger partial charge in [-0.05, 0) is 42.3 Å². The van der Waals surface area contributed by atoms with Crippen LogP contribution in [0.4, 0.5) is 4.39 Å². The number of ether oxygens (including phenoxy) is 1. The van der Waals surface area contributed by atoms with Crippen molar-refractivity contribution in [3.63, 3.8) is 0 Å². The van der Waals surface area contributed by atoms with Crippen molar-refractivity contribution in [2.75, 3.05) is 39.3 Å². The van der Waals surface area contributed by atoms with Crippen LogP contribution in [0.2, 0.25) is 0 Å². The fourth-order valence-corrected chi connectivity index (χ4v) is 6.33. The summed E-state index contributed by atoms with van der Waals surface area (Å²) < 4.78 is 19.9. The van der Waals surface area contributed by atoms with Crippen molar-refractivity contribution in [3.05, 3.63) is 91.7 Å². The summed E-state index contributed by atoms with van der Waals surface area (Å²) in [6.07, 6.45) is 1.67. The van der Waals surface area contributed by atoms with Crippen molar-refractivity contribution >= 4 is 45.0 Å². The van der Waals surface area contributed by atoms with Crippen molar-refractivity contribution in [2.45, 2.75) is 19.0 Å². The summed E-state index contributed by atoms with van der Waals surface area (Å²) in [6.45, 7) is 4.19. The highest BCUT2D eigenvalue weighted by Gasteiger charge is 2.36. The predicted octanol–water partition coefficient (Wildman–Crippen LogP) is 4.10. The topological polar surface area (TPSA) is 128 Å². The molecule has 2 aromatic carbocycles. The zero-order chi connectivity index (χ0) is 29.8. The minimum Gasteiger partial charge on any atom is -0.508 e. The van der Waals surface area contributed by atoms with E-state index in [0.29, 0.717) is 70.4 Å². The van der Waals surface area contributed by atoms with Gasteiger partial charge < -0.3 is 20.3 Å². The minimum absolute atomic E-state index is 0.0132. The van der Waals surface area contributed by atoms with Crippen LogP contribution in [0.15, 0.2) is 74.8 Å². The Hall–Kier alpha value is -3.65. The number of aromatic hydroxyl groups is 1. The number of phenols is 1. The van der Waals surface area contributed by atoms with Crippen LogP contribution in [-0.4, -0.2) is 82.1 Å². The van der Waals surface area contributed by atoms with Crippen LogP contribution >= 0.6 is 27.3 Å². The smallest absolute Gasteiger partial charge is 0.338 e. The lowest BCUT2D eigenvalue weighted by molar-refractivity contribution is -0.144. The fraction of sp³-hybridized carbons (Fsp3) is 0.310. The molecule has 42 heavy (non-hydrogen) atoms. The number of carbonyl (C=O) groups excluding carboxylic acids is 1. The Balaban J connectivity index is 1.44. The second-order valence-corrected chi connectivity index (χ2v) is 11.5. The van der Waals surface area contributed by atoms with Gasteiger partial charge in [0, 0.05) is 54.5 Å². The molecular weight excluding hydrogens is 629 g/mol. The van der Waals surface area contributed by atoms with E-state index in [2.05, 4.69) is 31.1 Å². The highest BCUT2D eigenvalue weighted by atomic mass is 79.9. The van der Waals surface area contributed by atoms with Crippen LogP contribution < -0.4 is 5.32 Å². The zero-order valence-corrected chi connectivity index (χ0v) is 25.1. The molecule has 10 nitrogen and oxygen atoms in total. The van der Waals surface area contributed by atoms with Gasteiger partial charge in [0.15, 0.2) is 10.8 Å². The number of nitrogens with zero attached hydrogens (tertiary/aromatic N) is 4. The molecule has 1 saturated heterocycles. The van der Waals surface area contributed by atoms with Crippen molar-refractivity contribution in [2.24, 2.45) is 4.99 Å². The molecule has 1 fully saturated rings. The van der Waals surface area contributed by atoms with E-state index in [9.17, 15) is 24.2 Å². The molecule has 2 aliphatic rings. The van der Waals surface area contributed by atoms with Crippen LogP contribution in [0.3, 0.4) is 0 Å². The Bertz CT molecular complexity index is 1520. The van der Waals surface area contributed by atoms with Gasteiger partial charge in [-0.15, -0.1) is 11.3 Å². The average molecular weight is 659 g/mol. The van der Waals surface area contributed by atoms with Crippen LogP contribution in [0.5, 0.6) is 5.75 Å². The van der Waals surface area contributed by atoms with E-state index < -0.39 is 29.8 Å². The summed E-state index contributed by atoms with van der Waals surface area (Å²) in [7, 11) is 0. The van der Waals surface area contributed by atoms with Crippen molar-refractivity contribution < 1.29 is 28.9 Å². The first kappa shape index (κ1) is 29.8. The van der Waals surface area contributed by atoms with Crippen LogP contribution in [0.25, 0.3) is 0 Å². The molecule has 13 heteroatoms. The summed E-state index contributed by atoms with van der Waals surface area (Å²) in [6, 6.07) is 8.89. The van der Waals surface area contributed by atoms with Gasteiger partial charge in [0.05, 0.1) is 12.2 Å². The number of nitrogens with one attached hydrogen (secondary N) is 1. The number of aliphatic imine (C=N–C) groups is 1. The lowest BCUT2D eigenvalue weighted by Crippen LogP contribution is -2.51. The molecule has 0 spiro atoms. The third kappa shape index (κ3) is 6.54. The number of amidine groups is 1. The van der Waals surface area contributed by atoms with E-state index in [1.165, 1.54) is 35.6 Å². The van der Waals surface area contributed by atoms with Crippen LogP contribution in [0.1, 0.15) is 35.1 Å². The Kier molecular flexibility index (Phi) is 9.31. The molecule has 220 valence electrons. The van der Waals surface area contributed by atoms with E-state index in [1.54, 1.807) is 31.3 Å². The number of piperazine rings is 1. The number of carboxylic acids is 1. The monoisotopic (exact) mass is 657 g/mol. The number of aliphatic carboxylic acids is 1. The Labute approximate surface area is 254 Å². The molecule has 0 radical (unpaired) electrons. The number of carbonyl (C=O) groups is 2. The number of thiazole rings is 1. The van der Waals surface area contributed by atoms with Crippen molar-refractivity contribution in [1.29, 1.82) is 0 Å². The van der Waals surface area contributed by atoms with E-state index in [4.69, 9.17) is 9.73 Å². The second kappa shape index (κ2) is 13.1. The number of aromatic nitrogens is 1. The molecular formula is C29H29BrFN5O5S. The number of esters is 1. The maximum atomic E-state index is 14.0. The van der Waals surface area contributed by atoms with Crippen LogP contribution in [0, 0.1) is 5.82 Å². The van der Waals surface area contributed by atoms with E-state index >= 15 is 0 Å². The highest BCUT2D eigenvalue weighted by Crippen LogP contribution is 2.37. The molecule has 1 aromatic heterocycles. The quantitative estimate of drug-likeness (QED) is 0.291. The van der Waals surface area contributed by atoms with Gasteiger partial charge in [0.1, 0.15) is 23.7 Å². The normalized spacial score (nSPS) is 18.7. The largest absolute Gasteiger partial charge is 0.508 e. The van der Waals surface area contributed by atoms with Gasteiger partial charge in [-0.25, -0.2) is 14.2 Å². The molecule has 3 heterocycles. The molecule has 0 aliphatic carbocycles. The number of carboxylic acid groups (broad SMARTS) is 1. The summed E-state index contributed by atoms with van der Waals surface area (Å²) in [5.41, 5.74) is 2.02. The minimum atomic E-state index is -0.993. The number of rotatable bonds is 9. The molecule has 0 saturated carbocycles. The van der Waals surface area contributed by atoms with Gasteiger partial charge in [0.2, 0.25) is 0 Å².